The predicted molar refractivity (Wildman–Crippen MR) is 71.9 cm³/mol. The SMILES string of the molecule is Cc1nc(-c2ccc(F)cc2)cc2ccccc12. The topological polar surface area (TPSA) is 12.9 Å². The van der Waals surface area contributed by atoms with Crippen LogP contribution >= 0.6 is 0 Å². The van der Waals surface area contributed by atoms with Gasteiger partial charge in [0.15, 0.2) is 0 Å². The maximum Gasteiger partial charge on any atom is 0.123 e. The molecule has 18 heavy (non-hydrogen) atoms. The zero-order valence-corrected chi connectivity index (χ0v) is 10.0. The van der Waals surface area contributed by atoms with Crippen molar-refractivity contribution in [3.63, 3.8) is 0 Å². The van der Waals surface area contributed by atoms with Crippen LogP contribution in [-0.4, -0.2) is 4.98 Å². The number of aryl methyl sites for hydroxylation is 1. The van der Waals surface area contributed by atoms with Crippen molar-refractivity contribution in [1.29, 1.82) is 0 Å². The molecule has 0 aliphatic rings. The maximum absolute atomic E-state index is 12.9. The van der Waals surface area contributed by atoms with Crippen molar-refractivity contribution in [3.05, 3.63) is 66.1 Å². The first-order valence-electron chi connectivity index (χ1n) is 5.86. The Morgan fingerprint density at radius 3 is 2.44 bits per heavy atom. The van der Waals surface area contributed by atoms with E-state index in [1.165, 1.54) is 12.1 Å². The van der Waals surface area contributed by atoms with Crippen LogP contribution in [0.3, 0.4) is 0 Å². The smallest absolute Gasteiger partial charge is 0.123 e. The molecule has 0 unspecified atom stereocenters. The molecule has 0 spiro atoms. The number of halogens is 1. The van der Waals surface area contributed by atoms with Crippen molar-refractivity contribution in [2.75, 3.05) is 0 Å². The molecule has 0 aliphatic carbocycles. The summed E-state index contributed by atoms with van der Waals surface area (Å²) in [5.74, 6) is -0.226. The second-order valence-corrected chi connectivity index (χ2v) is 4.32. The second-order valence-electron chi connectivity index (χ2n) is 4.32. The molecule has 2 heteroatoms. The minimum atomic E-state index is -0.226. The highest BCUT2D eigenvalue weighted by atomic mass is 19.1. The van der Waals surface area contributed by atoms with Gasteiger partial charge in [-0.15, -0.1) is 0 Å². The van der Waals surface area contributed by atoms with E-state index in [2.05, 4.69) is 17.1 Å². The normalized spacial score (nSPS) is 10.8. The Labute approximate surface area is 105 Å². The average molecular weight is 237 g/mol. The minimum absolute atomic E-state index is 0.226. The van der Waals surface area contributed by atoms with Crippen molar-refractivity contribution in [1.82, 2.24) is 4.98 Å². The van der Waals surface area contributed by atoms with Crippen LogP contribution in [0.25, 0.3) is 22.0 Å². The van der Waals surface area contributed by atoms with Crippen LogP contribution in [0, 0.1) is 12.7 Å². The number of fused-ring (bicyclic) bond motifs is 1. The van der Waals surface area contributed by atoms with Gasteiger partial charge in [0, 0.05) is 16.6 Å². The molecule has 0 aliphatic heterocycles. The highest BCUT2D eigenvalue weighted by Gasteiger charge is 2.04. The van der Waals surface area contributed by atoms with E-state index in [1.54, 1.807) is 12.1 Å². The molecule has 3 rings (SSSR count). The summed E-state index contributed by atoms with van der Waals surface area (Å²) >= 11 is 0. The first-order chi connectivity index (χ1) is 8.74. The van der Waals surface area contributed by atoms with Gasteiger partial charge in [0.1, 0.15) is 5.82 Å². The molecule has 3 aromatic rings. The van der Waals surface area contributed by atoms with Gasteiger partial charge in [0.2, 0.25) is 0 Å². The molecule has 0 N–H and O–H groups in total. The molecule has 0 atom stereocenters. The Kier molecular flexibility index (Phi) is 2.56. The molecule has 0 fully saturated rings. The van der Waals surface area contributed by atoms with Crippen LogP contribution in [0.2, 0.25) is 0 Å². The molecule has 1 heterocycles. The first kappa shape index (κ1) is 10.9. The Hall–Kier alpha value is -2.22. The van der Waals surface area contributed by atoms with Gasteiger partial charge >= 0.3 is 0 Å². The number of benzene rings is 2. The lowest BCUT2D eigenvalue weighted by atomic mass is 10.1. The number of hydrogen-bond donors (Lipinski definition) is 0. The molecule has 1 nitrogen and oxygen atoms in total. The fraction of sp³-hybridized carbons (Fsp3) is 0.0625. The van der Waals surface area contributed by atoms with Crippen LogP contribution in [-0.2, 0) is 0 Å². The van der Waals surface area contributed by atoms with E-state index in [0.29, 0.717) is 0 Å². The lowest BCUT2D eigenvalue weighted by Crippen LogP contribution is -1.89. The fourth-order valence-corrected chi connectivity index (χ4v) is 2.14. The molecular formula is C16H12FN. The zero-order valence-electron chi connectivity index (χ0n) is 10.0. The summed E-state index contributed by atoms with van der Waals surface area (Å²) in [5.41, 5.74) is 2.81. The lowest BCUT2D eigenvalue weighted by Gasteiger charge is -2.06. The van der Waals surface area contributed by atoms with E-state index < -0.39 is 0 Å². The van der Waals surface area contributed by atoms with E-state index in [9.17, 15) is 4.39 Å². The van der Waals surface area contributed by atoms with Gasteiger partial charge in [-0.05, 0) is 42.6 Å². The van der Waals surface area contributed by atoms with E-state index in [0.717, 1.165) is 27.7 Å². The van der Waals surface area contributed by atoms with E-state index in [1.807, 2.05) is 25.1 Å². The Morgan fingerprint density at radius 1 is 0.944 bits per heavy atom. The van der Waals surface area contributed by atoms with E-state index in [-0.39, 0.29) is 5.82 Å². The number of nitrogens with zero attached hydrogens (tertiary/aromatic N) is 1. The van der Waals surface area contributed by atoms with E-state index in [4.69, 9.17) is 0 Å². The second kappa shape index (κ2) is 4.22. The number of hydrogen-bond acceptors (Lipinski definition) is 1. The number of pyridine rings is 1. The summed E-state index contributed by atoms with van der Waals surface area (Å²) in [6.45, 7) is 2.00. The minimum Gasteiger partial charge on any atom is -0.252 e. The summed E-state index contributed by atoms with van der Waals surface area (Å²) in [6.07, 6.45) is 0. The molecular weight excluding hydrogens is 225 g/mol. The summed E-state index contributed by atoms with van der Waals surface area (Å²) in [6, 6.07) is 16.6. The third kappa shape index (κ3) is 1.86. The van der Waals surface area contributed by atoms with Gasteiger partial charge in [-0.3, -0.25) is 4.98 Å². The van der Waals surface area contributed by atoms with Gasteiger partial charge < -0.3 is 0 Å². The van der Waals surface area contributed by atoms with Crippen molar-refractivity contribution in [2.45, 2.75) is 6.92 Å². The molecule has 0 amide bonds. The number of rotatable bonds is 1. The van der Waals surface area contributed by atoms with Gasteiger partial charge in [-0.2, -0.15) is 0 Å². The summed E-state index contributed by atoms with van der Waals surface area (Å²) in [5, 5.41) is 2.31. The van der Waals surface area contributed by atoms with Crippen molar-refractivity contribution in [2.24, 2.45) is 0 Å². The lowest BCUT2D eigenvalue weighted by molar-refractivity contribution is 0.628. The van der Waals surface area contributed by atoms with Crippen LogP contribution in [0.1, 0.15) is 5.69 Å². The highest BCUT2D eigenvalue weighted by Crippen LogP contribution is 2.24. The Bertz CT molecular complexity index is 702. The summed E-state index contributed by atoms with van der Waals surface area (Å²) in [7, 11) is 0. The summed E-state index contributed by atoms with van der Waals surface area (Å²) < 4.78 is 12.9. The summed E-state index contributed by atoms with van der Waals surface area (Å²) in [4.78, 5) is 4.58. The van der Waals surface area contributed by atoms with Gasteiger partial charge in [-0.25, -0.2) is 4.39 Å². The van der Waals surface area contributed by atoms with Crippen LogP contribution < -0.4 is 0 Å². The average Bonchev–Trinajstić information content (AvgIpc) is 2.39. The molecule has 88 valence electrons. The molecule has 0 radical (unpaired) electrons. The molecule has 0 saturated heterocycles. The fourth-order valence-electron chi connectivity index (χ4n) is 2.14. The van der Waals surface area contributed by atoms with Crippen LogP contribution in [0.5, 0.6) is 0 Å². The zero-order chi connectivity index (χ0) is 12.5. The predicted octanol–water partition coefficient (Wildman–Crippen LogP) is 4.35. The quantitative estimate of drug-likeness (QED) is 0.613. The molecule has 2 aromatic carbocycles. The maximum atomic E-state index is 12.9. The standard InChI is InChI=1S/C16H12FN/c1-11-15-5-3-2-4-13(15)10-16(18-11)12-6-8-14(17)9-7-12/h2-10H,1H3. The highest BCUT2D eigenvalue weighted by molar-refractivity contribution is 5.87. The monoisotopic (exact) mass is 237 g/mol. The van der Waals surface area contributed by atoms with Crippen molar-refractivity contribution < 1.29 is 4.39 Å². The first-order valence-corrected chi connectivity index (χ1v) is 5.86. The Balaban J connectivity index is 2.21. The van der Waals surface area contributed by atoms with Crippen molar-refractivity contribution >= 4 is 10.8 Å². The van der Waals surface area contributed by atoms with Crippen molar-refractivity contribution in [3.8, 4) is 11.3 Å². The largest absolute Gasteiger partial charge is 0.252 e. The molecule has 0 bridgehead atoms. The van der Waals surface area contributed by atoms with Crippen LogP contribution in [0.15, 0.2) is 54.6 Å². The molecule has 1 aromatic heterocycles. The number of aromatic nitrogens is 1. The van der Waals surface area contributed by atoms with Gasteiger partial charge in [0.05, 0.1) is 5.69 Å². The third-order valence-electron chi connectivity index (χ3n) is 3.07. The molecule has 0 saturated carbocycles. The Morgan fingerprint density at radius 2 is 1.67 bits per heavy atom. The van der Waals surface area contributed by atoms with Gasteiger partial charge in [0.25, 0.3) is 0 Å². The third-order valence-corrected chi connectivity index (χ3v) is 3.07. The van der Waals surface area contributed by atoms with E-state index >= 15 is 0 Å². The van der Waals surface area contributed by atoms with Crippen LogP contribution in [0.4, 0.5) is 4.39 Å². The van der Waals surface area contributed by atoms with Gasteiger partial charge in [-0.1, -0.05) is 24.3 Å².